The summed E-state index contributed by atoms with van der Waals surface area (Å²) < 4.78 is 0. The normalized spacial score (nSPS) is 12.5. The number of rotatable bonds is 6. The van der Waals surface area contributed by atoms with Crippen molar-refractivity contribution in [1.82, 2.24) is 0 Å². The molecule has 0 heterocycles. The molecule has 1 atom stereocenters. The van der Waals surface area contributed by atoms with E-state index >= 15 is 0 Å². The molecule has 0 saturated heterocycles. The standard InChI is InChI=1S/C10H17Cl/c1-3-5-6-7-9-10(11)8-4-2/h1,10H,4-9H2,2H3. The third kappa shape index (κ3) is 7.75. The second-order valence-corrected chi connectivity index (χ2v) is 3.45. The zero-order valence-electron chi connectivity index (χ0n) is 7.28. The van der Waals surface area contributed by atoms with Crippen molar-refractivity contribution in [3.63, 3.8) is 0 Å². The number of hydrogen-bond acceptors (Lipinski definition) is 0. The Balaban J connectivity index is 3.05. The van der Waals surface area contributed by atoms with Crippen LogP contribution >= 0.6 is 11.6 Å². The molecule has 0 fully saturated rings. The first-order valence-corrected chi connectivity index (χ1v) is 4.82. The zero-order chi connectivity index (χ0) is 8.53. The van der Waals surface area contributed by atoms with Crippen LogP contribution in [-0.2, 0) is 0 Å². The lowest BCUT2D eigenvalue weighted by Crippen LogP contribution is -1.96. The van der Waals surface area contributed by atoms with Crippen molar-refractivity contribution in [3.8, 4) is 12.3 Å². The molecule has 0 radical (unpaired) electrons. The van der Waals surface area contributed by atoms with E-state index in [1.165, 1.54) is 12.8 Å². The Kier molecular flexibility index (Phi) is 7.84. The van der Waals surface area contributed by atoms with E-state index in [-0.39, 0.29) is 0 Å². The highest BCUT2D eigenvalue weighted by Crippen LogP contribution is 2.13. The summed E-state index contributed by atoms with van der Waals surface area (Å²) in [7, 11) is 0. The van der Waals surface area contributed by atoms with Crippen LogP contribution in [0.4, 0.5) is 0 Å². The molecular formula is C10H17Cl. The van der Waals surface area contributed by atoms with Gasteiger partial charge in [-0.25, -0.2) is 0 Å². The summed E-state index contributed by atoms with van der Waals surface area (Å²) in [6.45, 7) is 2.16. The topological polar surface area (TPSA) is 0 Å². The highest BCUT2D eigenvalue weighted by molar-refractivity contribution is 6.20. The van der Waals surface area contributed by atoms with Gasteiger partial charge in [0.05, 0.1) is 0 Å². The van der Waals surface area contributed by atoms with Crippen molar-refractivity contribution >= 4 is 11.6 Å². The number of hydrogen-bond donors (Lipinski definition) is 0. The fourth-order valence-electron chi connectivity index (χ4n) is 1.05. The van der Waals surface area contributed by atoms with Gasteiger partial charge < -0.3 is 0 Å². The SMILES string of the molecule is C#CCCCCC(Cl)CCC. The molecule has 0 N–H and O–H groups in total. The number of halogens is 1. The van der Waals surface area contributed by atoms with Gasteiger partial charge in [0, 0.05) is 11.8 Å². The second-order valence-electron chi connectivity index (χ2n) is 2.84. The third-order valence-corrected chi connectivity index (χ3v) is 2.13. The second kappa shape index (κ2) is 7.95. The highest BCUT2D eigenvalue weighted by Gasteiger charge is 2.01. The molecule has 0 rings (SSSR count). The van der Waals surface area contributed by atoms with Gasteiger partial charge in [0.1, 0.15) is 0 Å². The molecule has 1 heteroatoms. The molecule has 0 bridgehead atoms. The maximum absolute atomic E-state index is 6.01. The first-order chi connectivity index (χ1) is 5.31. The van der Waals surface area contributed by atoms with Crippen LogP contribution in [0.15, 0.2) is 0 Å². The van der Waals surface area contributed by atoms with Crippen LogP contribution in [-0.4, -0.2) is 5.38 Å². The average molecular weight is 173 g/mol. The number of unbranched alkanes of at least 4 members (excludes halogenated alkanes) is 2. The smallest absolute Gasteiger partial charge is 0.0336 e. The fraction of sp³-hybridized carbons (Fsp3) is 0.800. The maximum atomic E-state index is 6.01. The quantitative estimate of drug-likeness (QED) is 0.326. The van der Waals surface area contributed by atoms with E-state index in [2.05, 4.69) is 12.8 Å². The molecule has 0 saturated carbocycles. The van der Waals surface area contributed by atoms with E-state index in [1.807, 2.05) is 0 Å². The van der Waals surface area contributed by atoms with Crippen molar-refractivity contribution in [3.05, 3.63) is 0 Å². The van der Waals surface area contributed by atoms with Gasteiger partial charge in [-0.1, -0.05) is 19.8 Å². The summed E-state index contributed by atoms with van der Waals surface area (Å²) in [5.41, 5.74) is 0. The summed E-state index contributed by atoms with van der Waals surface area (Å²) in [6.07, 6.45) is 11.8. The summed E-state index contributed by atoms with van der Waals surface area (Å²) in [6, 6.07) is 0. The predicted octanol–water partition coefficient (Wildman–Crippen LogP) is 3.59. The molecule has 0 amide bonds. The Morgan fingerprint density at radius 2 is 2.09 bits per heavy atom. The molecule has 0 aliphatic rings. The summed E-state index contributed by atoms with van der Waals surface area (Å²) >= 11 is 6.01. The van der Waals surface area contributed by atoms with Gasteiger partial charge in [-0.3, -0.25) is 0 Å². The molecule has 1 unspecified atom stereocenters. The van der Waals surface area contributed by atoms with Gasteiger partial charge in [-0.05, 0) is 19.3 Å². The van der Waals surface area contributed by atoms with Crippen molar-refractivity contribution < 1.29 is 0 Å². The zero-order valence-corrected chi connectivity index (χ0v) is 8.03. The van der Waals surface area contributed by atoms with Crippen LogP contribution < -0.4 is 0 Å². The lowest BCUT2D eigenvalue weighted by molar-refractivity contribution is 0.621. The van der Waals surface area contributed by atoms with E-state index in [4.69, 9.17) is 18.0 Å². The van der Waals surface area contributed by atoms with Gasteiger partial charge in [0.25, 0.3) is 0 Å². The summed E-state index contributed by atoms with van der Waals surface area (Å²) in [4.78, 5) is 0. The number of terminal acetylenes is 1. The molecule has 0 spiro atoms. The van der Waals surface area contributed by atoms with E-state index in [1.54, 1.807) is 0 Å². The van der Waals surface area contributed by atoms with Crippen molar-refractivity contribution in [2.45, 2.75) is 50.8 Å². The number of alkyl halides is 1. The van der Waals surface area contributed by atoms with Crippen LogP contribution in [0.2, 0.25) is 0 Å². The largest absolute Gasteiger partial charge is 0.123 e. The minimum Gasteiger partial charge on any atom is -0.123 e. The van der Waals surface area contributed by atoms with Gasteiger partial charge in [-0.2, -0.15) is 0 Å². The maximum Gasteiger partial charge on any atom is 0.0336 e. The molecule has 64 valence electrons. The van der Waals surface area contributed by atoms with Gasteiger partial charge >= 0.3 is 0 Å². The van der Waals surface area contributed by atoms with E-state index in [9.17, 15) is 0 Å². The van der Waals surface area contributed by atoms with Crippen LogP contribution in [0.5, 0.6) is 0 Å². The lowest BCUT2D eigenvalue weighted by atomic mass is 10.1. The Morgan fingerprint density at radius 3 is 2.64 bits per heavy atom. The van der Waals surface area contributed by atoms with E-state index in [0.29, 0.717) is 5.38 Å². The minimum atomic E-state index is 0.373. The van der Waals surface area contributed by atoms with Gasteiger partial charge in [0.2, 0.25) is 0 Å². The summed E-state index contributed by atoms with van der Waals surface area (Å²) in [5, 5.41) is 0.373. The molecular weight excluding hydrogens is 156 g/mol. The Hall–Kier alpha value is -0.150. The lowest BCUT2D eigenvalue weighted by Gasteiger charge is -2.05. The highest BCUT2D eigenvalue weighted by atomic mass is 35.5. The molecule has 0 nitrogen and oxygen atoms in total. The molecule has 11 heavy (non-hydrogen) atoms. The predicted molar refractivity (Wildman–Crippen MR) is 51.9 cm³/mol. The average Bonchev–Trinajstić information content (AvgIpc) is 1.99. The fourth-order valence-corrected chi connectivity index (χ4v) is 1.42. The first kappa shape index (κ1) is 10.8. The Bertz CT molecular complexity index is 113. The van der Waals surface area contributed by atoms with E-state index in [0.717, 1.165) is 25.7 Å². The first-order valence-electron chi connectivity index (χ1n) is 4.38. The molecule has 0 aromatic rings. The Morgan fingerprint density at radius 1 is 1.36 bits per heavy atom. The molecule has 0 aliphatic carbocycles. The van der Waals surface area contributed by atoms with Crippen LogP contribution in [0.1, 0.15) is 45.4 Å². The van der Waals surface area contributed by atoms with Crippen molar-refractivity contribution in [2.75, 3.05) is 0 Å². The third-order valence-electron chi connectivity index (χ3n) is 1.69. The molecule has 0 aliphatic heterocycles. The Labute approximate surface area is 75.3 Å². The van der Waals surface area contributed by atoms with Crippen molar-refractivity contribution in [2.24, 2.45) is 0 Å². The van der Waals surface area contributed by atoms with Crippen molar-refractivity contribution in [1.29, 1.82) is 0 Å². The monoisotopic (exact) mass is 172 g/mol. The van der Waals surface area contributed by atoms with Gasteiger partial charge in [-0.15, -0.1) is 23.9 Å². The molecule has 0 aromatic heterocycles. The van der Waals surface area contributed by atoms with Gasteiger partial charge in [0.15, 0.2) is 0 Å². The summed E-state index contributed by atoms with van der Waals surface area (Å²) in [5.74, 6) is 2.63. The van der Waals surface area contributed by atoms with Crippen LogP contribution in [0, 0.1) is 12.3 Å². The molecule has 0 aromatic carbocycles. The van der Waals surface area contributed by atoms with Crippen LogP contribution in [0.25, 0.3) is 0 Å². The minimum absolute atomic E-state index is 0.373. The van der Waals surface area contributed by atoms with E-state index < -0.39 is 0 Å². The van der Waals surface area contributed by atoms with Crippen LogP contribution in [0.3, 0.4) is 0 Å².